The van der Waals surface area contributed by atoms with Crippen LogP contribution < -0.4 is 5.32 Å². The van der Waals surface area contributed by atoms with E-state index >= 15 is 0 Å². The number of halogens is 1. The highest BCUT2D eigenvalue weighted by Crippen LogP contribution is 2.33. The Morgan fingerprint density at radius 2 is 2.16 bits per heavy atom. The molecule has 0 fully saturated rings. The van der Waals surface area contributed by atoms with Crippen LogP contribution in [0, 0.1) is 12.7 Å². The second-order valence-electron chi connectivity index (χ2n) is 4.44. The monoisotopic (exact) mass is 297 g/mol. The van der Waals surface area contributed by atoms with E-state index in [-0.39, 0.29) is 5.82 Å². The summed E-state index contributed by atoms with van der Waals surface area (Å²) in [5, 5.41) is 12.2. The fraction of sp³-hybridized carbons (Fsp3) is 0.385. The van der Waals surface area contributed by atoms with E-state index in [0.717, 1.165) is 14.2 Å². The zero-order valence-corrected chi connectivity index (χ0v) is 12.7. The first kappa shape index (κ1) is 14.4. The Morgan fingerprint density at radius 3 is 2.79 bits per heavy atom. The minimum absolute atomic E-state index is 0.181. The molecule has 0 bridgehead atoms. The lowest BCUT2D eigenvalue weighted by Crippen LogP contribution is -2.22. The van der Waals surface area contributed by atoms with Crippen LogP contribution in [0.4, 0.5) is 4.39 Å². The third-order valence-corrected chi connectivity index (χ3v) is 4.46. The highest BCUT2D eigenvalue weighted by atomic mass is 32.2. The Morgan fingerprint density at radius 1 is 1.37 bits per heavy atom. The Hall–Kier alpha value is -0.980. The van der Waals surface area contributed by atoms with Gasteiger partial charge in [-0.2, -0.15) is 0 Å². The number of nitrogens with zero attached hydrogens (tertiary/aromatic N) is 2. The van der Waals surface area contributed by atoms with Crippen molar-refractivity contribution in [1.82, 2.24) is 15.5 Å². The fourth-order valence-electron chi connectivity index (χ4n) is 1.53. The van der Waals surface area contributed by atoms with Crippen LogP contribution in [0.3, 0.4) is 0 Å². The molecular weight excluding hydrogens is 281 g/mol. The van der Waals surface area contributed by atoms with Crippen molar-refractivity contribution in [2.24, 2.45) is 0 Å². The fourth-order valence-corrected chi connectivity index (χ4v) is 3.45. The van der Waals surface area contributed by atoms with Gasteiger partial charge < -0.3 is 5.32 Å². The molecular formula is C13H16FN3S2. The van der Waals surface area contributed by atoms with Gasteiger partial charge in [-0.15, -0.1) is 10.2 Å². The zero-order valence-electron chi connectivity index (χ0n) is 11.1. The van der Waals surface area contributed by atoms with Gasteiger partial charge in [0.05, 0.1) is 0 Å². The van der Waals surface area contributed by atoms with Crippen LogP contribution in [0.25, 0.3) is 0 Å². The van der Waals surface area contributed by atoms with E-state index in [1.807, 2.05) is 26.8 Å². The van der Waals surface area contributed by atoms with E-state index in [1.165, 1.54) is 29.2 Å². The molecule has 1 aromatic carbocycles. The number of nitrogens with one attached hydrogen (secondary N) is 1. The number of aromatic nitrogens is 2. The van der Waals surface area contributed by atoms with Crippen molar-refractivity contribution in [3.63, 3.8) is 0 Å². The summed E-state index contributed by atoms with van der Waals surface area (Å²) in [4.78, 5) is 0.893. The summed E-state index contributed by atoms with van der Waals surface area (Å²) in [6.45, 7) is 6.52. The van der Waals surface area contributed by atoms with Gasteiger partial charge in [0.2, 0.25) is 0 Å². The van der Waals surface area contributed by atoms with Gasteiger partial charge in [-0.05, 0) is 19.1 Å². The molecule has 0 saturated carbocycles. The van der Waals surface area contributed by atoms with E-state index in [9.17, 15) is 4.39 Å². The molecule has 102 valence electrons. The van der Waals surface area contributed by atoms with Crippen molar-refractivity contribution in [2.45, 2.75) is 42.6 Å². The first-order chi connectivity index (χ1) is 9.06. The summed E-state index contributed by atoms with van der Waals surface area (Å²) >= 11 is 2.99. The molecule has 0 unspecified atom stereocenters. The van der Waals surface area contributed by atoms with Crippen LogP contribution in [-0.4, -0.2) is 16.2 Å². The lowest BCUT2D eigenvalue weighted by molar-refractivity contribution is 0.546. The van der Waals surface area contributed by atoms with Gasteiger partial charge in [-0.1, -0.05) is 43.0 Å². The van der Waals surface area contributed by atoms with Crippen LogP contribution >= 0.6 is 23.1 Å². The molecule has 1 N–H and O–H groups in total. The third kappa shape index (κ3) is 3.99. The summed E-state index contributed by atoms with van der Waals surface area (Å²) in [6.07, 6.45) is 0. The molecule has 6 heteroatoms. The molecule has 2 aromatic rings. The van der Waals surface area contributed by atoms with Gasteiger partial charge in [-0.25, -0.2) is 4.39 Å². The molecule has 1 aromatic heterocycles. The topological polar surface area (TPSA) is 37.8 Å². The van der Waals surface area contributed by atoms with E-state index in [2.05, 4.69) is 15.5 Å². The number of hydrogen-bond acceptors (Lipinski definition) is 5. The lowest BCUT2D eigenvalue weighted by Gasteiger charge is -2.12. The van der Waals surface area contributed by atoms with Crippen molar-refractivity contribution in [3.05, 3.63) is 34.6 Å². The van der Waals surface area contributed by atoms with Crippen molar-refractivity contribution < 1.29 is 4.39 Å². The van der Waals surface area contributed by atoms with Crippen LogP contribution in [0.2, 0.25) is 0 Å². The molecule has 0 saturated heterocycles. The van der Waals surface area contributed by atoms with Gasteiger partial charge in [-0.3, -0.25) is 0 Å². The Balaban J connectivity index is 2.21. The summed E-state index contributed by atoms with van der Waals surface area (Å²) in [7, 11) is 0. The van der Waals surface area contributed by atoms with E-state index in [4.69, 9.17) is 0 Å². The largest absolute Gasteiger partial charge is 0.310 e. The number of aryl methyl sites for hydroxylation is 1. The Labute approximate surface area is 120 Å². The maximum Gasteiger partial charge on any atom is 0.179 e. The maximum absolute atomic E-state index is 13.9. The molecule has 19 heavy (non-hydrogen) atoms. The van der Waals surface area contributed by atoms with Crippen molar-refractivity contribution in [2.75, 3.05) is 0 Å². The quantitative estimate of drug-likeness (QED) is 0.914. The molecule has 0 atom stereocenters. The van der Waals surface area contributed by atoms with Gasteiger partial charge >= 0.3 is 0 Å². The molecule has 3 nitrogen and oxygen atoms in total. The Kier molecular flexibility index (Phi) is 4.90. The molecule has 0 radical (unpaired) electrons. The second-order valence-corrected chi connectivity index (χ2v) is 6.91. The average molecular weight is 297 g/mol. The standard InChI is InChI=1S/C13H16FN3S2/c1-8(2)15-7-10-11(14)5-4-6-12(10)19-13-17-16-9(3)18-13/h4-6,8,15H,7H2,1-3H3. The number of hydrogen-bond donors (Lipinski definition) is 1. The predicted octanol–water partition coefficient (Wildman–Crippen LogP) is 3.63. The van der Waals surface area contributed by atoms with Crippen molar-refractivity contribution >= 4 is 23.1 Å². The minimum Gasteiger partial charge on any atom is -0.310 e. The lowest BCUT2D eigenvalue weighted by atomic mass is 10.2. The van der Waals surface area contributed by atoms with Crippen molar-refractivity contribution in [1.29, 1.82) is 0 Å². The van der Waals surface area contributed by atoms with Crippen LogP contribution in [0.1, 0.15) is 24.4 Å². The van der Waals surface area contributed by atoms with E-state index < -0.39 is 0 Å². The highest BCUT2D eigenvalue weighted by Gasteiger charge is 2.12. The zero-order chi connectivity index (χ0) is 13.8. The molecule has 0 aliphatic rings. The smallest absolute Gasteiger partial charge is 0.179 e. The predicted molar refractivity (Wildman–Crippen MR) is 77.1 cm³/mol. The van der Waals surface area contributed by atoms with Crippen LogP contribution in [0.5, 0.6) is 0 Å². The maximum atomic E-state index is 13.9. The first-order valence-corrected chi connectivity index (χ1v) is 7.68. The van der Waals surface area contributed by atoms with Gasteiger partial charge in [0.15, 0.2) is 4.34 Å². The molecule has 1 heterocycles. The Bertz CT molecular complexity index is 555. The normalized spacial score (nSPS) is 11.2. The summed E-state index contributed by atoms with van der Waals surface area (Å²) in [5.41, 5.74) is 0.689. The number of benzene rings is 1. The first-order valence-electron chi connectivity index (χ1n) is 6.05. The average Bonchev–Trinajstić information content (AvgIpc) is 2.74. The molecule has 2 rings (SSSR count). The van der Waals surface area contributed by atoms with E-state index in [1.54, 1.807) is 6.07 Å². The minimum atomic E-state index is -0.181. The second kappa shape index (κ2) is 6.45. The summed E-state index contributed by atoms with van der Waals surface area (Å²) in [5.74, 6) is -0.181. The third-order valence-electron chi connectivity index (χ3n) is 2.47. The van der Waals surface area contributed by atoms with Crippen LogP contribution in [-0.2, 0) is 6.54 Å². The highest BCUT2D eigenvalue weighted by molar-refractivity contribution is 8.01. The summed E-state index contributed by atoms with van der Waals surface area (Å²) in [6, 6.07) is 5.46. The van der Waals surface area contributed by atoms with Crippen LogP contribution in [0.15, 0.2) is 27.4 Å². The van der Waals surface area contributed by atoms with Gasteiger partial charge in [0.1, 0.15) is 10.8 Å². The molecule has 0 aliphatic carbocycles. The summed E-state index contributed by atoms with van der Waals surface area (Å²) < 4.78 is 14.8. The van der Waals surface area contributed by atoms with Gasteiger partial charge in [0, 0.05) is 23.0 Å². The number of rotatable bonds is 5. The molecule has 0 aliphatic heterocycles. The van der Waals surface area contributed by atoms with Gasteiger partial charge in [0.25, 0.3) is 0 Å². The SMILES string of the molecule is Cc1nnc(Sc2cccc(F)c2CNC(C)C)s1. The van der Waals surface area contributed by atoms with Crippen molar-refractivity contribution in [3.8, 4) is 0 Å². The van der Waals surface area contributed by atoms with E-state index in [0.29, 0.717) is 18.2 Å². The molecule has 0 spiro atoms. The molecule has 0 amide bonds.